The van der Waals surface area contributed by atoms with Gasteiger partial charge in [-0.15, -0.1) is 0 Å². The lowest BCUT2D eigenvalue weighted by Gasteiger charge is -2.09. The number of carbonyl (C=O) groups excluding carboxylic acids is 1. The number of aryl methyl sites for hydroxylation is 2. The van der Waals surface area contributed by atoms with Gasteiger partial charge in [0.25, 0.3) is 0 Å². The summed E-state index contributed by atoms with van der Waals surface area (Å²) in [7, 11) is 1.68. The predicted octanol–water partition coefficient (Wildman–Crippen LogP) is 4.03. The van der Waals surface area contributed by atoms with Gasteiger partial charge in [-0.1, -0.05) is 30.0 Å². The molecule has 0 aliphatic rings. The molecule has 0 radical (unpaired) electrons. The largest absolute Gasteiger partial charge is 0.383 e. The Balaban J connectivity index is 1.70. The smallest absolute Gasteiger partial charge is 0.234 e. The van der Waals surface area contributed by atoms with Gasteiger partial charge in [-0.3, -0.25) is 4.79 Å². The van der Waals surface area contributed by atoms with Gasteiger partial charge >= 0.3 is 0 Å². The number of carbonyl (C=O) groups is 1. The Bertz CT molecular complexity index is 921. The fourth-order valence-electron chi connectivity index (χ4n) is 2.71. The van der Waals surface area contributed by atoms with Crippen LogP contribution in [-0.4, -0.2) is 34.9 Å². The van der Waals surface area contributed by atoms with Crippen LogP contribution in [0.3, 0.4) is 0 Å². The first-order valence-electron chi connectivity index (χ1n) is 8.52. The van der Waals surface area contributed by atoms with Gasteiger partial charge in [0, 0.05) is 19.3 Å². The molecule has 3 rings (SSSR count). The number of hydrogen-bond acceptors (Lipinski definition) is 4. The van der Waals surface area contributed by atoms with Crippen LogP contribution in [0.5, 0.6) is 0 Å². The van der Waals surface area contributed by atoms with Crippen molar-refractivity contribution in [3.05, 3.63) is 53.6 Å². The SMILES string of the molecule is COCCn1c(SCC(=O)Nc2ccc(C)c(C)c2)nc2ccccc21. The molecule has 136 valence electrons. The Labute approximate surface area is 157 Å². The van der Waals surface area contributed by atoms with Gasteiger partial charge in [-0.2, -0.15) is 0 Å². The summed E-state index contributed by atoms with van der Waals surface area (Å²) in [5.74, 6) is 0.270. The monoisotopic (exact) mass is 369 g/mol. The fourth-order valence-corrected chi connectivity index (χ4v) is 3.55. The molecular formula is C20H23N3O2S. The molecule has 1 heterocycles. The summed E-state index contributed by atoms with van der Waals surface area (Å²) >= 11 is 1.44. The van der Waals surface area contributed by atoms with Crippen molar-refractivity contribution < 1.29 is 9.53 Å². The van der Waals surface area contributed by atoms with Crippen LogP contribution in [0.2, 0.25) is 0 Å². The van der Waals surface area contributed by atoms with Crippen LogP contribution in [0.25, 0.3) is 11.0 Å². The number of rotatable bonds is 7. The first kappa shape index (κ1) is 18.5. The topological polar surface area (TPSA) is 56.1 Å². The van der Waals surface area contributed by atoms with E-state index in [4.69, 9.17) is 4.74 Å². The molecule has 5 nitrogen and oxygen atoms in total. The third-order valence-electron chi connectivity index (χ3n) is 4.26. The van der Waals surface area contributed by atoms with Crippen molar-refractivity contribution in [1.29, 1.82) is 0 Å². The standard InChI is InChI=1S/C20H23N3O2S/c1-14-8-9-16(12-15(14)2)21-19(24)13-26-20-22-17-6-4-5-7-18(17)23(20)10-11-25-3/h4-9,12H,10-11,13H2,1-3H3,(H,21,24). The number of nitrogens with one attached hydrogen (secondary N) is 1. The fraction of sp³-hybridized carbons (Fsp3) is 0.300. The first-order chi connectivity index (χ1) is 12.6. The predicted molar refractivity (Wildman–Crippen MR) is 107 cm³/mol. The van der Waals surface area contributed by atoms with E-state index >= 15 is 0 Å². The number of aromatic nitrogens is 2. The number of fused-ring (bicyclic) bond motifs is 1. The molecule has 0 atom stereocenters. The second kappa shape index (κ2) is 8.38. The molecule has 0 bridgehead atoms. The van der Waals surface area contributed by atoms with E-state index in [2.05, 4.69) is 21.8 Å². The highest BCUT2D eigenvalue weighted by Gasteiger charge is 2.13. The highest BCUT2D eigenvalue weighted by Crippen LogP contribution is 2.24. The molecule has 0 aliphatic heterocycles. The third-order valence-corrected chi connectivity index (χ3v) is 5.24. The van der Waals surface area contributed by atoms with Gasteiger partial charge in [0.15, 0.2) is 5.16 Å². The van der Waals surface area contributed by atoms with E-state index in [9.17, 15) is 4.79 Å². The second-order valence-corrected chi connectivity index (χ2v) is 7.11. The van der Waals surface area contributed by atoms with E-state index in [1.165, 1.54) is 17.3 Å². The molecule has 0 saturated carbocycles. The van der Waals surface area contributed by atoms with Gasteiger partial charge < -0.3 is 14.6 Å². The molecule has 0 unspecified atom stereocenters. The summed E-state index contributed by atoms with van der Waals surface area (Å²) < 4.78 is 7.31. The summed E-state index contributed by atoms with van der Waals surface area (Å²) in [6.07, 6.45) is 0. The van der Waals surface area contributed by atoms with E-state index in [0.717, 1.165) is 27.4 Å². The molecule has 0 fully saturated rings. The Morgan fingerprint density at radius 3 is 2.77 bits per heavy atom. The summed E-state index contributed by atoms with van der Waals surface area (Å²) in [6.45, 7) is 5.40. The Morgan fingerprint density at radius 1 is 1.19 bits per heavy atom. The summed E-state index contributed by atoms with van der Waals surface area (Å²) in [5, 5.41) is 3.79. The van der Waals surface area contributed by atoms with Crippen molar-refractivity contribution >= 4 is 34.4 Å². The average molecular weight is 369 g/mol. The lowest BCUT2D eigenvalue weighted by Crippen LogP contribution is -2.15. The van der Waals surface area contributed by atoms with Crippen LogP contribution in [0.4, 0.5) is 5.69 Å². The minimum atomic E-state index is -0.0383. The van der Waals surface area contributed by atoms with Crippen LogP contribution in [0, 0.1) is 13.8 Å². The molecular weight excluding hydrogens is 346 g/mol. The normalized spacial score (nSPS) is 11.0. The first-order valence-corrected chi connectivity index (χ1v) is 9.51. The van der Waals surface area contributed by atoms with Crippen LogP contribution >= 0.6 is 11.8 Å². The lowest BCUT2D eigenvalue weighted by molar-refractivity contribution is -0.113. The van der Waals surface area contributed by atoms with Crippen molar-refractivity contribution in [2.75, 3.05) is 24.8 Å². The molecule has 3 aromatic rings. The zero-order valence-electron chi connectivity index (χ0n) is 15.3. The number of amides is 1. The van der Waals surface area contributed by atoms with Crippen molar-refractivity contribution in [2.24, 2.45) is 0 Å². The van der Waals surface area contributed by atoms with Crippen molar-refractivity contribution in [3.63, 3.8) is 0 Å². The second-order valence-electron chi connectivity index (χ2n) is 6.16. The number of benzene rings is 2. The van der Waals surface area contributed by atoms with Crippen LogP contribution in [0.1, 0.15) is 11.1 Å². The number of imidazole rings is 1. The summed E-state index contributed by atoms with van der Waals surface area (Å²) in [6, 6.07) is 13.9. The minimum absolute atomic E-state index is 0.0383. The quantitative estimate of drug-likeness (QED) is 0.639. The van der Waals surface area contributed by atoms with Gasteiger partial charge in [0.2, 0.25) is 5.91 Å². The maximum atomic E-state index is 12.3. The molecule has 1 N–H and O–H groups in total. The average Bonchev–Trinajstić information content (AvgIpc) is 2.99. The van der Waals surface area contributed by atoms with Crippen molar-refractivity contribution in [1.82, 2.24) is 9.55 Å². The molecule has 1 aromatic heterocycles. The van der Waals surface area contributed by atoms with Crippen LogP contribution < -0.4 is 5.32 Å². The number of methoxy groups -OCH3 is 1. The number of ether oxygens (including phenoxy) is 1. The molecule has 1 amide bonds. The van der Waals surface area contributed by atoms with Crippen LogP contribution in [-0.2, 0) is 16.1 Å². The highest BCUT2D eigenvalue weighted by atomic mass is 32.2. The number of hydrogen-bond donors (Lipinski definition) is 1. The molecule has 0 saturated heterocycles. The van der Waals surface area contributed by atoms with Gasteiger partial charge in [0.1, 0.15) is 0 Å². The highest BCUT2D eigenvalue weighted by molar-refractivity contribution is 7.99. The van der Waals surface area contributed by atoms with Crippen LogP contribution in [0.15, 0.2) is 47.6 Å². The van der Waals surface area contributed by atoms with E-state index in [-0.39, 0.29) is 5.91 Å². The number of nitrogens with zero attached hydrogens (tertiary/aromatic N) is 2. The van der Waals surface area contributed by atoms with Gasteiger partial charge in [-0.05, 0) is 49.2 Å². The molecule has 26 heavy (non-hydrogen) atoms. The maximum Gasteiger partial charge on any atom is 0.234 e. The van der Waals surface area contributed by atoms with E-state index in [1.54, 1.807) is 7.11 Å². The molecule has 0 spiro atoms. The Morgan fingerprint density at radius 2 is 2.00 bits per heavy atom. The summed E-state index contributed by atoms with van der Waals surface area (Å²) in [5.41, 5.74) is 5.19. The van der Waals surface area contributed by atoms with Crippen molar-refractivity contribution in [3.8, 4) is 0 Å². The third kappa shape index (κ3) is 4.26. The Kier molecular flexibility index (Phi) is 5.96. The van der Waals surface area contributed by atoms with Gasteiger partial charge in [0.05, 0.1) is 23.4 Å². The van der Waals surface area contributed by atoms with Gasteiger partial charge in [-0.25, -0.2) is 4.98 Å². The zero-order valence-corrected chi connectivity index (χ0v) is 16.1. The lowest BCUT2D eigenvalue weighted by atomic mass is 10.1. The van der Waals surface area contributed by atoms with E-state index in [0.29, 0.717) is 18.9 Å². The number of thioether (sulfide) groups is 1. The number of para-hydroxylation sites is 2. The molecule has 2 aromatic carbocycles. The maximum absolute atomic E-state index is 12.3. The molecule has 0 aliphatic carbocycles. The van der Waals surface area contributed by atoms with E-state index < -0.39 is 0 Å². The molecule has 6 heteroatoms. The zero-order chi connectivity index (χ0) is 18.5. The number of anilines is 1. The van der Waals surface area contributed by atoms with Crippen molar-refractivity contribution in [2.45, 2.75) is 25.5 Å². The minimum Gasteiger partial charge on any atom is -0.383 e. The summed E-state index contributed by atoms with van der Waals surface area (Å²) in [4.78, 5) is 17.0. The Hall–Kier alpha value is -2.31. The van der Waals surface area contributed by atoms with E-state index in [1.807, 2.05) is 49.4 Å².